The van der Waals surface area contributed by atoms with E-state index in [0.29, 0.717) is 6.54 Å². The molecule has 1 aliphatic rings. The molecule has 0 spiro atoms. The average molecular weight is 397 g/mol. The van der Waals surface area contributed by atoms with Crippen LogP contribution in [0.4, 0.5) is 8.78 Å². The standard InChI is InChI=1S/C23H25F2N3O/c1-16-5-2-3-7-20(16)23-18(13-27-10-4-6-17(12-27)15-29)14-28(26-23)22-9-8-19(24)11-21(22)25/h2-3,5,7-9,11,14,17,29H,4,6,10,12-13,15H2,1H3/t17-/m0/s1. The van der Waals surface area contributed by atoms with E-state index < -0.39 is 11.6 Å². The van der Waals surface area contributed by atoms with E-state index in [4.69, 9.17) is 0 Å². The number of hydrogen-bond acceptors (Lipinski definition) is 3. The number of piperidine rings is 1. The monoisotopic (exact) mass is 397 g/mol. The third-order valence-electron chi connectivity index (χ3n) is 5.60. The lowest BCUT2D eigenvalue weighted by molar-refractivity contribution is 0.116. The van der Waals surface area contributed by atoms with Crippen LogP contribution < -0.4 is 0 Å². The third kappa shape index (κ3) is 4.23. The van der Waals surface area contributed by atoms with Crippen LogP contribution in [0.5, 0.6) is 0 Å². The van der Waals surface area contributed by atoms with Gasteiger partial charge in [0, 0.05) is 43.1 Å². The molecule has 152 valence electrons. The van der Waals surface area contributed by atoms with Gasteiger partial charge < -0.3 is 5.11 Å². The van der Waals surface area contributed by atoms with E-state index in [0.717, 1.165) is 54.4 Å². The Morgan fingerprint density at radius 3 is 2.76 bits per heavy atom. The van der Waals surface area contributed by atoms with Crippen molar-refractivity contribution < 1.29 is 13.9 Å². The maximum atomic E-state index is 14.4. The molecule has 4 nitrogen and oxygen atoms in total. The van der Waals surface area contributed by atoms with Gasteiger partial charge in [-0.15, -0.1) is 0 Å². The Bertz CT molecular complexity index is 1000. The van der Waals surface area contributed by atoms with Gasteiger partial charge in [0.05, 0.1) is 5.69 Å². The first-order valence-corrected chi connectivity index (χ1v) is 9.98. The van der Waals surface area contributed by atoms with Crippen molar-refractivity contribution in [2.45, 2.75) is 26.3 Å². The summed E-state index contributed by atoms with van der Waals surface area (Å²) >= 11 is 0. The van der Waals surface area contributed by atoms with E-state index in [1.54, 1.807) is 0 Å². The molecule has 2 heterocycles. The van der Waals surface area contributed by atoms with Crippen LogP contribution >= 0.6 is 0 Å². The molecule has 2 aromatic carbocycles. The summed E-state index contributed by atoms with van der Waals surface area (Å²) in [5.41, 5.74) is 4.10. The van der Waals surface area contributed by atoms with Crippen LogP contribution in [0.2, 0.25) is 0 Å². The fraction of sp³-hybridized carbons (Fsp3) is 0.348. The van der Waals surface area contributed by atoms with Crippen molar-refractivity contribution in [3.05, 3.63) is 71.4 Å². The minimum absolute atomic E-state index is 0.196. The highest BCUT2D eigenvalue weighted by Crippen LogP contribution is 2.29. The van der Waals surface area contributed by atoms with E-state index >= 15 is 0 Å². The number of aromatic nitrogens is 2. The molecule has 1 aliphatic heterocycles. The Morgan fingerprint density at radius 2 is 2.00 bits per heavy atom. The summed E-state index contributed by atoms with van der Waals surface area (Å²) in [5, 5.41) is 14.2. The van der Waals surface area contributed by atoms with Crippen molar-refractivity contribution in [1.82, 2.24) is 14.7 Å². The number of hydrogen-bond donors (Lipinski definition) is 1. The Kier molecular flexibility index (Phi) is 5.74. The van der Waals surface area contributed by atoms with Crippen molar-refractivity contribution in [3.8, 4) is 16.9 Å². The molecule has 6 heteroatoms. The highest BCUT2D eigenvalue weighted by molar-refractivity contribution is 5.66. The Labute approximate surface area is 169 Å². The fourth-order valence-electron chi connectivity index (χ4n) is 4.07. The number of rotatable bonds is 5. The van der Waals surface area contributed by atoms with Crippen LogP contribution in [0.15, 0.2) is 48.7 Å². The molecule has 3 aromatic rings. The molecule has 0 aliphatic carbocycles. The summed E-state index contributed by atoms with van der Waals surface area (Å²) in [4.78, 5) is 2.31. The number of aryl methyl sites for hydroxylation is 1. The van der Waals surface area contributed by atoms with E-state index in [1.165, 1.54) is 16.8 Å². The molecule has 0 saturated carbocycles. The SMILES string of the molecule is Cc1ccccc1-c1nn(-c2ccc(F)cc2F)cc1CN1CCC[C@H](CO)C1. The van der Waals surface area contributed by atoms with Crippen LogP contribution in [0.3, 0.4) is 0 Å². The summed E-state index contributed by atoms with van der Waals surface area (Å²) < 4.78 is 29.2. The Hall–Kier alpha value is -2.57. The minimum atomic E-state index is -0.645. The number of benzene rings is 2. The molecule has 1 atom stereocenters. The molecule has 1 saturated heterocycles. The summed E-state index contributed by atoms with van der Waals surface area (Å²) in [6.07, 6.45) is 3.92. The normalized spacial score (nSPS) is 17.6. The second kappa shape index (κ2) is 8.43. The van der Waals surface area contributed by atoms with Gasteiger partial charge in [-0.1, -0.05) is 24.3 Å². The van der Waals surface area contributed by atoms with E-state index in [2.05, 4.69) is 10.00 Å². The van der Waals surface area contributed by atoms with E-state index in [1.807, 2.05) is 37.4 Å². The van der Waals surface area contributed by atoms with E-state index in [9.17, 15) is 13.9 Å². The predicted octanol–water partition coefficient (Wildman–Crippen LogP) is 4.33. The van der Waals surface area contributed by atoms with Gasteiger partial charge in [-0.25, -0.2) is 13.5 Å². The van der Waals surface area contributed by atoms with Gasteiger partial charge in [0.2, 0.25) is 0 Å². The summed E-state index contributed by atoms with van der Waals surface area (Å²) in [6.45, 7) is 4.68. The van der Waals surface area contributed by atoms with Gasteiger partial charge in [0.25, 0.3) is 0 Å². The molecule has 1 N–H and O–H groups in total. The van der Waals surface area contributed by atoms with Gasteiger partial charge in [-0.2, -0.15) is 5.10 Å². The summed E-state index contributed by atoms with van der Waals surface area (Å²) in [6, 6.07) is 11.5. The molecule has 0 radical (unpaired) electrons. The van der Waals surface area contributed by atoms with Crippen LogP contribution in [-0.4, -0.2) is 39.5 Å². The minimum Gasteiger partial charge on any atom is -0.396 e. The number of nitrogens with zero attached hydrogens (tertiary/aromatic N) is 3. The lowest BCUT2D eigenvalue weighted by Crippen LogP contribution is -2.36. The van der Waals surface area contributed by atoms with Gasteiger partial charge in [0.1, 0.15) is 11.5 Å². The third-order valence-corrected chi connectivity index (χ3v) is 5.60. The summed E-state index contributed by atoms with van der Waals surface area (Å²) in [5.74, 6) is -0.968. The van der Waals surface area contributed by atoms with Crippen LogP contribution in [0.25, 0.3) is 16.9 Å². The van der Waals surface area contributed by atoms with E-state index in [-0.39, 0.29) is 18.2 Å². The molecule has 0 bridgehead atoms. The zero-order valence-corrected chi connectivity index (χ0v) is 16.5. The van der Waals surface area contributed by atoms with Crippen molar-refractivity contribution in [2.24, 2.45) is 5.92 Å². The molecular weight excluding hydrogens is 372 g/mol. The fourth-order valence-corrected chi connectivity index (χ4v) is 4.07. The topological polar surface area (TPSA) is 41.3 Å². The lowest BCUT2D eigenvalue weighted by Gasteiger charge is -2.31. The average Bonchev–Trinajstić information content (AvgIpc) is 3.11. The van der Waals surface area contributed by atoms with Crippen molar-refractivity contribution >= 4 is 0 Å². The molecule has 1 fully saturated rings. The van der Waals surface area contributed by atoms with Crippen molar-refractivity contribution in [1.29, 1.82) is 0 Å². The zero-order valence-electron chi connectivity index (χ0n) is 16.5. The molecule has 0 unspecified atom stereocenters. The number of aliphatic hydroxyl groups excluding tert-OH is 1. The molecule has 1 aromatic heterocycles. The maximum Gasteiger partial charge on any atom is 0.151 e. The largest absolute Gasteiger partial charge is 0.396 e. The molecule has 0 amide bonds. The van der Waals surface area contributed by atoms with Gasteiger partial charge in [-0.3, -0.25) is 4.90 Å². The van der Waals surface area contributed by atoms with Crippen LogP contribution in [0.1, 0.15) is 24.0 Å². The second-order valence-corrected chi connectivity index (χ2v) is 7.78. The van der Waals surface area contributed by atoms with Crippen LogP contribution in [-0.2, 0) is 6.54 Å². The number of likely N-dealkylation sites (tertiary alicyclic amines) is 1. The highest BCUT2D eigenvalue weighted by Gasteiger charge is 2.22. The smallest absolute Gasteiger partial charge is 0.151 e. The first-order valence-electron chi connectivity index (χ1n) is 9.98. The number of aliphatic hydroxyl groups is 1. The molecule has 29 heavy (non-hydrogen) atoms. The predicted molar refractivity (Wildman–Crippen MR) is 109 cm³/mol. The zero-order chi connectivity index (χ0) is 20.4. The van der Waals surface area contributed by atoms with Crippen LogP contribution in [0, 0.1) is 24.5 Å². The highest BCUT2D eigenvalue weighted by atomic mass is 19.1. The quantitative estimate of drug-likeness (QED) is 0.697. The first kappa shape index (κ1) is 19.7. The molecule has 4 rings (SSSR count). The summed E-state index contributed by atoms with van der Waals surface area (Å²) in [7, 11) is 0. The van der Waals surface area contributed by atoms with Crippen molar-refractivity contribution in [2.75, 3.05) is 19.7 Å². The van der Waals surface area contributed by atoms with Crippen molar-refractivity contribution in [3.63, 3.8) is 0 Å². The van der Waals surface area contributed by atoms with Gasteiger partial charge in [-0.05, 0) is 49.9 Å². The Morgan fingerprint density at radius 1 is 1.17 bits per heavy atom. The van der Waals surface area contributed by atoms with Gasteiger partial charge in [0.15, 0.2) is 5.82 Å². The lowest BCUT2D eigenvalue weighted by atomic mass is 9.98. The Balaban J connectivity index is 1.74. The maximum absolute atomic E-state index is 14.4. The second-order valence-electron chi connectivity index (χ2n) is 7.78. The first-order chi connectivity index (χ1) is 14.0. The number of halogens is 2. The molecular formula is C23H25F2N3O. The van der Waals surface area contributed by atoms with Gasteiger partial charge >= 0.3 is 0 Å².